The molecule has 0 aliphatic rings. The topological polar surface area (TPSA) is 26.3 Å². The average molecular weight is 148 g/mol. The molecule has 2 nitrogen and oxygen atoms in total. The summed E-state index contributed by atoms with van der Waals surface area (Å²) < 4.78 is 4.83. The van der Waals surface area contributed by atoms with E-state index in [0.29, 0.717) is 13.0 Å². The van der Waals surface area contributed by atoms with Crippen LogP contribution in [0.1, 0.15) is 6.42 Å². The molecule has 5 heteroatoms. The molecule has 0 rings (SSSR count). The van der Waals surface area contributed by atoms with Crippen molar-refractivity contribution in [2.24, 2.45) is 0 Å². The number of carbonyl (C=O) groups excluding carboxylic acids is 1. The Hall–Kier alpha value is 0.345. The first kappa shape index (κ1) is 8.34. The molecule has 0 aromatic carbocycles. The average Bonchev–Trinajstić information content (AvgIpc) is 1.66. The van der Waals surface area contributed by atoms with Crippen molar-refractivity contribution in [1.82, 2.24) is 0 Å². The van der Waals surface area contributed by atoms with Gasteiger partial charge in [-0.3, -0.25) is 0 Å². The molecule has 0 amide bonds. The van der Waals surface area contributed by atoms with Crippen molar-refractivity contribution in [3.8, 4) is 0 Å². The second-order valence-electron chi connectivity index (χ2n) is 1.10. The van der Waals surface area contributed by atoms with Crippen LogP contribution in [0.15, 0.2) is 0 Å². The molecule has 0 spiro atoms. The van der Waals surface area contributed by atoms with Gasteiger partial charge in [0, 0.05) is 0 Å². The van der Waals surface area contributed by atoms with Gasteiger partial charge in [-0.1, -0.05) is 0 Å². The van der Waals surface area contributed by atoms with Crippen molar-refractivity contribution in [2.45, 2.75) is 6.42 Å². The van der Waals surface area contributed by atoms with Crippen LogP contribution >= 0.6 is 17.4 Å². The van der Waals surface area contributed by atoms with Gasteiger partial charge in [-0.15, -0.1) is 0 Å². The van der Waals surface area contributed by atoms with E-state index >= 15 is 0 Å². The van der Waals surface area contributed by atoms with Crippen molar-refractivity contribution in [3.05, 3.63) is 0 Å². The predicted octanol–water partition coefficient (Wildman–Crippen LogP) is 0.917. The zero-order valence-electron chi connectivity index (χ0n) is 4.37. The van der Waals surface area contributed by atoms with E-state index in [1.807, 2.05) is 0 Å². The van der Waals surface area contributed by atoms with Crippen LogP contribution in [0, 0.1) is 0 Å². The molecule has 0 bridgehead atoms. The maximum atomic E-state index is 9.66. The van der Waals surface area contributed by atoms with Crippen LogP contribution < -0.4 is 0 Å². The molecule has 0 aromatic rings. The van der Waals surface area contributed by atoms with Gasteiger partial charge in [-0.05, 0) is 0 Å². The molecular formula is C3H6BO2PS. The van der Waals surface area contributed by atoms with Crippen LogP contribution in [0.2, 0.25) is 0 Å². The zero-order chi connectivity index (χ0) is 6.41. The summed E-state index contributed by atoms with van der Waals surface area (Å²) in [5.41, 5.74) is 0. The number of aldehydes is 1. The van der Waals surface area contributed by atoms with Crippen molar-refractivity contribution < 1.29 is 8.98 Å². The third-order valence-electron chi connectivity index (χ3n) is 0.455. The third-order valence-corrected chi connectivity index (χ3v) is 1.21. The molecule has 0 radical (unpaired) electrons. The minimum absolute atomic E-state index is 0.430. The molecule has 0 atom stereocenters. The summed E-state index contributed by atoms with van der Waals surface area (Å²) in [4.78, 5) is 9.66. The Labute approximate surface area is 53.1 Å². The minimum atomic E-state index is -0.531. The number of rotatable bonds is 3. The van der Waals surface area contributed by atoms with E-state index in [1.165, 1.54) is 0 Å². The zero-order valence-corrected chi connectivity index (χ0v) is 6.08. The van der Waals surface area contributed by atoms with Gasteiger partial charge in [-0.2, -0.15) is 0 Å². The third kappa shape index (κ3) is 6.34. The Morgan fingerprint density at radius 2 is 2.50 bits per heavy atom. The van der Waals surface area contributed by atoms with E-state index in [2.05, 4.69) is 14.5 Å². The Morgan fingerprint density at radius 3 is 2.88 bits per heavy atom. The Kier molecular flexibility index (Phi) is 5.72. The van der Waals surface area contributed by atoms with Crippen LogP contribution in [0.4, 0.5) is 0 Å². The first-order valence-electron chi connectivity index (χ1n) is 2.07. The maximum absolute atomic E-state index is 9.66. The summed E-state index contributed by atoms with van der Waals surface area (Å²) in [5.74, 6) is 0. The van der Waals surface area contributed by atoms with Gasteiger partial charge in [0.25, 0.3) is 0 Å². The fourth-order valence-corrected chi connectivity index (χ4v) is 0.705. The predicted molar refractivity (Wildman–Crippen MR) is 38.3 cm³/mol. The summed E-state index contributed by atoms with van der Waals surface area (Å²) in [6, 6.07) is 0. The number of hydrogen-bond donors (Lipinski definition) is 0. The molecule has 0 aromatic heterocycles. The summed E-state index contributed by atoms with van der Waals surface area (Å²) in [6.07, 6.45) is 1.24. The van der Waals surface area contributed by atoms with Gasteiger partial charge in [-0.25, -0.2) is 0 Å². The quantitative estimate of drug-likeness (QED) is 0.257. The molecule has 0 heterocycles. The van der Waals surface area contributed by atoms with Crippen LogP contribution in [-0.4, -0.2) is 19.6 Å². The van der Waals surface area contributed by atoms with Gasteiger partial charge in [0.1, 0.15) is 0 Å². The summed E-state index contributed by atoms with van der Waals surface area (Å²) >= 11 is 0. The van der Waals surface area contributed by atoms with Crippen molar-refractivity contribution >= 4 is 30.4 Å². The first-order valence-corrected chi connectivity index (χ1v) is 4.44. The van der Waals surface area contributed by atoms with Crippen LogP contribution in [0.25, 0.3) is 0 Å². The molecule has 44 valence electrons. The monoisotopic (exact) mass is 148 g/mol. The second-order valence-corrected chi connectivity index (χ2v) is 3.20. The summed E-state index contributed by atoms with van der Waals surface area (Å²) in [5, 5.41) is 0. The van der Waals surface area contributed by atoms with Gasteiger partial charge in [0.05, 0.1) is 0 Å². The van der Waals surface area contributed by atoms with E-state index in [0.717, 1.165) is 6.29 Å². The van der Waals surface area contributed by atoms with Gasteiger partial charge in [0.2, 0.25) is 0 Å². The Morgan fingerprint density at radius 1 is 1.88 bits per heavy atom. The first-order chi connectivity index (χ1) is 3.77. The molecule has 0 N–H and O–H groups in total. The van der Waals surface area contributed by atoms with Crippen molar-refractivity contribution in [3.63, 3.8) is 0 Å². The Balaban J connectivity index is 3.09. The SMILES string of the molecule is B=S(#P)OCCC=O. The number of hydrogen-bond acceptors (Lipinski definition) is 2. The summed E-state index contributed by atoms with van der Waals surface area (Å²) in [7, 11) is 3.32. The molecule has 8 heavy (non-hydrogen) atoms. The molecule has 0 aliphatic heterocycles. The van der Waals surface area contributed by atoms with Gasteiger partial charge in [0.15, 0.2) is 0 Å². The van der Waals surface area contributed by atoms with Crippen LogP contribution in [0.5, 0.6) is 0 Å². The van der Waals surface area contributed by atoms with Crippen LogP contribution in [-0.2, 0) is 8.98 Å². The number of carbonyl (C=O) groups is 1. The van der Waals surface area contributed by atoms with E-state index in [9.17, 15) is 4.79 Å². The molecule has 0 fully saturated rings. The molecule has 0 saturated heterocycles. The van der Waals surface area contributed by atoms with E-state index in [-0.39, 0.29) is 0 Å². The van der Waals surface area contributed by atoms with E-state index in [1.54, 1.807) is 0 Å². The molecule has 0 aliphatic carbocycles. The van der Waals surface area contributed by atoms with E-state index in [4.69, 9.17) is 4.18 Å². The molecule has 0 saturated carbocycles. The fraction of sp³-hybridized carbons (Fsp3) is 0.667. The van der Waals surface area contributed by atoms with Gasteiger partial charge >= 0.3 is 52.4 Å². The normalized spacial score (nSPS) is 8.25. The summed E-state index contributed by atoms with van der Waals surface area (Å²) in [6.45, 7) is 3.89. The standard InChI is InChI=1S/C3H6BO2PS/c4-8(7)6-3-1-2-5/h2,4H,1,3H2. The van der Waals surface area contributed by atoms with Crippen molar-refractivity contribution in [1.29, 1.82) is 0 Å². The van der Waals surface area contributed by atoms with Crippen LogP contribution in [0.3, 0.4) is 0 Å². The van der Waals surface area contributed by atoms with Crippen molar-refractivity contribution in [2.75, 3.05) is 6.61 Å². The fourth-order valence-electron chi connectivity index (χ4n) is 0.192. The molecule has 0 unspecified atom stereocenters. The van der Waals surface area contributed by atoms with Gasteiger partial charge < -0.3 is 0 Å². The van der Waals surface area contributed by atoms with E-state index < -0.39 is 9.58 Å². The Bertz CT molecular complexity index is 173. The second kappa shape index (κ2) is 5.48. The molecular weight excluding hydrogens is 142 g/mol.